The van der Waals surface area contributed by atoms with Gasteiger partial charge < -0.3 is 15.3 Å². The van der Waals surface area contributed by atoms with Crippen molar-refractivity contribution in [2.75, 3.05) is 56.1 Å². The fourth-order valence-corrected chi connectivity index (χ4v) is 2.54. The van der Waals surface area contributed by atoms with Crippen LogP contribution in [0.5, 0.6) is 0 Å². The molecular formula is C15H27N5O. The number of hydrogen-bond acceptors (Lipinski definition) is 6. The Morgan fingerprint density at radius 2 is 2.00 bits per heavy atom. The van der Waals surface area contributed by atoms with Gasteiger partial charge in [-0.15, -0.1) is 0 Å². The van der Waals surface area contributed by atoms with E-state index in [4.69, 9.17) is 5.11 Å². The van der Waals surface area contributed by atoms with Crippen molar-refractivity contribution in [1.29, 1.82) is 0 Å². The Kier molecular flexibility index (Phi) is 6.20. The number of piperazine rings is 1. The summed E-state index contributed by atoms with van der Waals surface area (Å²) in [5, 5.41) is 12.4. The largest absolute Gasteiger partial charge is 0.395 e. The summed E-state index contributed by atoms with van der Waals surface area (Å²) in [6.45, 7) is 9.93. The highest BCUT2D eigenvalue weighted by Gasteiger charge is 2.18. The molecule has 0 spiro atoms. The summed E-state index contributed by atoms with van der Waals surface area (Å²) >= 11 is 0. The average Bonchev–Trinajstić information content (AvgIpc) is 2.48. The van der Waals surface area contributed by atoms with Gasteiger partial charge in [0.25, 0.3) is 0 Å². The second-order valence-electron chi connectivity index (χ2n) is 5.49. The van der Waals surface area contributed by atoms with Crippen molar-refractivity contribution in [2.24, 2.45) is 0 Å². The molecule has 118 valence electrons. The zero-order chi connectivity index (χ0) is 15.1. The van der Waals surface area contributed by atoms with Gasteiger partial charge in [-0.2, -0.15) is 0 Å². The zero-order valence-electron chi connectivity index (χ0n) is 13.2. The molecule has 0 saturated carbocycles. The fourth-order valence-electron chi connectivity index (χ4n) is 2.54. The molecule has 2 heterocycles. The topological polar surface area (TPSA) is 64.5 Å². The minimum absolute atomic E-state index is 0.234. The third-order valence-corrected chi connectivity index (χ3v) is 3.77. The number of unbranched alkanes of at least 4 members (excludes halogenated alkanes) is 1. The van der Waals surface area contributed by atoms with Crippen LogP contribution in [0.1, 0.15) is 25.6 Å². The SMILES string of the molecule is CCCCNc1cc(N2CCN(CCO)CC2)nc(C)n1. The number of aryl methyl sites for hydroxylation is 1. The number of β-amino-alcohol motifs (C(OH)–C–C–N with tert-alkyl or cyclic N) is 1. The van der Waals surface area contributed by atoms with Crippen molar-refractivity contribution >= 4 is 11.6 Å². The molecule has 21 heavy (non-hydrogen) atoms. The van der Waals surface area contributed by atoms with E-state index in [-0.39, 0.29) is 6.61 Å². The number of hydrogen-bond donors (Lipinski definition) is 2. The quantitative estimate of drug-likeness (QED) is 0.734. The van der Waals surface area contributed by atoms with Crippen molar-refractivity contribution in [3.63, 3.8) is 0 Å². The first-order chi connectivity index (χ1) is 10.2. The standard InChI is InChI=1S/C15H27N5O/c1-3-4-5-16-14-12-15(18-13(2)17-14)20-8-6-19(7-9-20)10-11-21/h12,21H,3-11H2,1-2H3,(H,16,17,18). The third kappa shape index (κ3) is 4.82. The lowest BCUT2D eigenvalue weighted by Crippen LogP contribution is -2.47. The molecule has 0 atom stereocenters. The predicted octanol–water partition coefficient (Wildman–Crippen LogP) is 1.11. The van der Waals surface area contributed by atoms with Gasteiger partial charge >= 0.3 is 0 Å². The van der Waals surface area contributed by atoms with Crippen LogP contribution in [0, 0.1) is 6.92 Å². The van der Waals surface area contributed by atoms with E-state index in [1.54, 1.807) is 0 Å². The molecule has 0 aromatic carbocycles. The van der Waals surface area contributed by atoms with Crippen LogP contribution in [0.2, 0.25) is 0 Å². The second-order valence-corrected chi connectivity index (χ2v) is 5.49. The molecule has 1 aromatic heterocycles. The fraction of sp³-hybridized carbons (Fsp3) is 0.733. The van der Waals surface area contributed by atoms with E-state index in [0.717, 1.165) is 63.1 Å². The lowest BCUT2D eigenvalue weighted by molar-refractivity contribution is 0.188. The monoisotopic (exact) mass is 293 g/mol. The second kappa shape index (κ2) is 8.14. The summed E-state index contributed by atoms with van der Waals surface area (Å²) in [6, 6.07) is 2.05. The number of aliphatic hydroxyl groups excluding tert-OH is 1. The molecule has 1 aromatic rings. The Morgan fingerprint density at radius 3 is 2.67 bits per heavy atom. The summed E-state index contributed by atoms with van der Waals surface area (Å²) in [4.78, 5) is 13.6. The smallest absolute Gasteiger partial charge is 0.134 e. The highest BCUT2D eigenvalue weighted by atomic mass is 16.3. The lowest BCUT2D eigenvalue weighted by Gasteiger charge is -2.35. The molecule has 0 bridgehead atoms. The van der Waals surface area contributed by atoms with E-state index in [1.165, 1.54) is 6.42 Å². The van der Waals surface area contributed by atoms with E-state index >= 15 is 0 Å². The van der Waals surface area contributed by atoms with Gasteiger partial charge in [-0.25, -0.2) is 9.97 Å². The van der Waals surface area contributed by atoms with E-state index in [2.05, 4.69) is 32.0 Å². The molecule has 0 amide bonds. The maximum absolute atomic E-state index is 8.99. The molecular weight excluding hydrogens is 266 g/mol. The van der Waals surface area contributed by atoms with Gasteiger partial charge in [0, 0.05) is 45.3 Å². The molecule has 2 rings (SSSR count). The summed E-state index contributed by atoms with van der Waals surface area (Å²) in [7, 11) is 0. The Labute approximate surface area is 127 Å². The number of nitrogens with one attached hydrogen (secondary N) is 1. The zero-order valence-corrected chi connectivity index (χ0v) is 13.2. The first kappa shape index (κ1) is 16.0. The summed E-state index contributed by atoms with van der Waals surface area (Å²) in [5.74, 6) is 2.73. The van der Waals surface area contributed by atoms with Crippen molar-refractivity contribution in [1.82, 2.24) is 14.9 Å². The molecule has 1 saturated heterocycles. The average molecular weight is 293 g/mol. The van der Waals surface area contributed by atoms with E-state index in [9.17, 15) is 0 Å². The highest BCUT2D eigenvalue weighted by Crippen LogP contribution is 2.17. The number of aliphatic hydroxyl groups is 1. The highest BCUT2D eigenvalue weighted by molar-refractivity contribution is 5.49. The molecule has 1 fully saturated rings. The van der Waals surface area contributed by atoms with Crippen LogP contribution < -0.4 is 10.2 Å². The van der Waals surface area contributed by atoms with Gasteiger partial charge in [-0.1, -0.05) is 13.3 Å². The molecule has 2 N–H and O–H groups in total. The van der Waals surface area contributed by atoms with Gasteiger partial charge in [0.05, 0.1) is 6.61 Å². The van der Waals surface area contributed by atoms with Crippen LogP contribution in [0.3, 0.4) is 0 Å². The van der Waals surface area contributed by atoms with Crippen molar-refractivity contribution in [3.05, 3.63) is 11.9 Å². The van der Waals surface area contributed by atoms with Gasteiger partial charge in [0.1, 0.15) is 17.5 Å². The number of anilines is 2. The van der Waals surface area contributed by atoms with Gasteiger partial charge in [-0.3, -0.25) is 4.90 Å². The van der Waals surface area contributed by atoms with Crippen LogP contribution in [0.25, 0.3) is 0 Å². The van der Waals surface area contributed by atoms with E-state index in [0.29, 0.717) is 0 Å². The normalized spacial score (nSPS) is 16.2. The number of nitrogens with zero attached hydrogens (tertiary/aromatic N) is 4. The lowest BCUT2D eigenvalue weighted by atomic mass is 10.3. The Morgan fingerprint density at radius 1 is 1.24 bits per heavy atom. The van der Waals surface area contributed by atoms with E-state index in [1.807, 2.05) is 13.0 Å². The number of rotatable bonds is 7. The van der Waals surface area contributed by atoms with Gasteiger partial charge in [0.15, 0.2) is 0 Å². The van der Waals surface area contributed by atoms with Crippen LogP contribution in [-0.2, 0) is 0 Å². The number of aromatic nitrogens is 2. The molecule has 0 radical (unpaired) electrons. The Hall–Kier alpha value is -1.40. The summed E-state index contributed by atoms with van der Waals surface area (Å²) in [5.41, 5.74) is 0. The molecule has 6 nitrogen and oxygen atoms in total. The molecule has 6 heteroatoms. The minimum Gasteiger partial charge on any atom is -0.395 e. The van der Waals surface area contributed by atoms with Crippen molar-refractivity contribution in [3.8, 4) is 0 Å². The van der Waals surface area contributed by atoms with Gasteiger partial charge in [-0.05, 0) is 13.3 Å². The summed E-state index contributed by atoms with van der Waals surface area (Å²) < 4.78 is 0. The summed E-state index contributed by atoms with van der Waals surface area (Å²) in [6.07, 6.45) is 2.33. The molecule has 1 aliphatic rings. The third-order valence-electron chi connectivity index (χ3n) is 3.77. The van der Waals surface area contributed by atoms with Crippen LogP contribution in [-0.4, -0.2) is 65.8 Å². The van der Waals surface area contributed by atoms with Crippen molar-refractivity contribution < 1.29 is 5.11 Å². The molecule has 0 unspecified atom stereocenters. The maximum atomic E-state index is 8.99. The Balaban J connectivity index is 1.96. The minimum atomic E-state index is 0.234. The predicted molar refractivity (Wildman–Crippen MR) is 85.9 cm³/mol. The maximum Gasteiger partial charge on any atom is 0.134 e. The van der Waals surface area contributed by atoms with E-state index < -0.39 is 0 Å². The van der Waals surface area contributed by atoms with Crippen LogP contribution in [0.15, 0.2) is 6.07 Å². The van der Waals surface area contributed by atoms with Crippen molar-refractivity contribution in [2.45, 2.75) is 26.7 Å². The van der Waals surface area contributed by atoms with Gasteiger partial charge in [0.2, 0.25) is 0 Å². The molecule has 0 aliphatic carbocycles. The molecule has 1 aliphatic heterocycles. The Bertz CT molecular complexity index is 432. The first-order valence-electron chi connectivity index (χ1n) is 7.90. The van der Waals surface area contributed by atoms with Crippen LogP contribution >= 0.6 is 0 Å². The van der Waals surface area contributed by atoms with Crippen LogP contribution in [0.4, 0.5) is 11.6 Å². The first-order valence-corrected chi connectivity index (χ1v) is 7.90.